The minimum atomic E-state index is -1.85. The summed E-state index contributed by atoms with van der Waals surface area (Å²) in [5.41, 5.74) is 0. The Morgan fingerprint density at radius 2 is 2.25 bits per heavy atom. The summed E-state index contributed by atoms with van der Waals surface area (Å²) >= 11 is -1.85. The molecular weight excluding hydrogens is 124 g/mol. The van der Waals surface area contributed by atoms with Gasteiger partial charge < -0.3 is 4.55 Å². The molecule has 0 aromatic carbocycles. The summed E-state index contributed by atoms with van der Waals surface area (Å²) in [4.78, 5) is 0. The van der Waals surface area contributed by atoms with Crippen LogP contribution in [0.2, 0.25) is 0 Å². The van der Waals surface area contributed by atoms with Crippen LogP contribution in [0.3, 0.4) is 0 Å². The fourth-order valence-electron chi connectivity index (χ4n) is 0.350. The highest BCUT2D eigenvalue weighted by Crippen LogP contribution is 2.00. The molecule has 0 aromatic heterocycles. The van der Waals surface area contributed by atoms with Gasteiger partial charge in [0.25, 0.3) is 0 Å². The number of hydrogen-bond acceptors (Lipinski definition) is 2. The molecule has 0 N–H and O–H groups in total. The van der Waals surface area contributed by atoms with Crippen molar-refractivity contribution < 1.29 is 8.76 Å². The van der Waals surface area contributed by atoms with Gasteiger partial charge in [0.15, 0.2) is 0 Å². The molecule has 3 heteroatoms. The van der Waals surface area contributed by atoms with E-state index in [1.165, 1.54) is 0 Å². The molecule has 0 aliphatic rings. The maximum absolute atomic E-state index is 9.97. The molecule has 0 spiro atoms. The van der Waals surface area contributed by atoms with Gasteiger partial charge in [-0.25, -0.2) is 0 Å². The monoisotopic (exact) mass is 135 g/mol. The standard InChI is InChI=1S/C5H12O2S/c1-3-5(2)4-8(6)7/h5H,3-4H2,1-2H3,(H,6,7)/p-1/t5-/m0/s1. The third-order valence-electron chi connectivity index (χ3n) is 1.12. The van der Waals surface area contributed by atoms with Crippen molar-refractivity contribution in [1.29, 1.82) is 0 Å². The Morgan fingerprint density at radius 1 is 1.75 bits per heavy atom. The van der Waals surface area contributed by atoms with Gasteiger partial charge in [-0.3, -0.25) is 4.21 Å². The molecule has 0 bridgehead atoms. The normalized spacial score (nSPS) is 17.9. The lowest BCUT2D eigenvalue weighted by Crippen LogP contribution is -2.05. The Balaban J connectivity index is 3.24. The molecule has 0 saturated heterocycles. The number of rotatable bonds is 3. The molecule has 0 amide bonds. The largest absolute Gasteiger partial charge is 0.772 e. The zero-order valence-electron chi connectivity index (χ0n) is 5.22. The lowest BCUT2D eigenvalue weighted by atomic mass is 10.2. The lowest BCUT2D eigenvalue weighted by molar-refractivity contribution is 0.517. The van der Waals surface area contributed by atoms with Crippen LogP contribution in [0.4, 0.5) is 0 Å². The second-order valence-corrected chi connectivity index (χ2v) is 2.92. The van der Waals surface area contributed by atoms with Gasteiger partial charge in [0.1, 0.15) is 0 Å². The smallest absolute Gasteiger partial charge is 0.0127 e. The van der Waals surface area contributed by atoms with Crippen molar-refractivity contribution >= 4 is 11.1 Å². The van der Waals surface area contributed by atoms with E-state index in [0.717, 1.165) is 6.42 Å². The van der Waals surface area contributed by atoms with Crippen LogP contribution >= 0.6 is 0 Å². The summed E-state index contributed by atoms with van der Waals surface area (Å²) < 4.78 is 19.9. The third-order valence-corrected chi connectivity index (χ3v) is 1.96. The molecule has 0 heterocycles. The first-order chi connectivity index (χ1) is 3.66. The van der Waals surface area contributed by atoms with E-state index in [2.05, 4.69) is 0 Å². The molecule has 0 radical (unpaired) electrons. The van der Waals surface area contributed by atoms with Gasteiger partial charge in [-0.05, 0) is 5.92 Å². The highest BCUT2D eigenvalue weighted by atomic mass is 32.2. The molecule has 0 aromatic rings. The van der Waals surface area contributed by atoms with Gasteiger partial charge in [0.05, 0.1) is 0 Å². The average Bonchev–Trinajstić information content (AvgIpc) is 1.65. The second kappa shape index (κ2) is 4.04. The highest BCUT2D eigenvalue weighted by Gasteiger charge is 1.95. The summed E-state index contributed by atoms with van der Waals surface area (Å²) in [7, 11) is 0. The molecule has 8 heavy (non-hydrogen) atoms. The zero-order valence-corrected chi connectivity index (χ0v) is 6.03. The van der Waals surface area contributed by atoms with E-state index in [9.17, 15) is 8.76 Å². The van der Waals surface area contributed by atoms with Crippen LogP contribution in [0.25, 0.3) is 0 Å². The van der Waals surface area contributed by atoms with Gasteiger partial charge in [-0.1, -0.05) is 31.3 Å². The van der Waals surface area contributed by atoms with E-state index in [-0.39, 0.29) is 0 Å². The van der Waals surface area contributed by atoms with Crippen LogP contribution in [0.5, 0.6) is 0 Å². The van der Waals surface area contributed by atoms with Crippen molar-refractivity contribution in [2.24, 2.45) is 5.92 Å². The van der Waals surface area contributed by atoms with Crippen molar-refractivity contribution in [1.82, 2.24) is 0 Å². The molecule has 0 saturated carbocycles. The van der Waals surface area contributed by atoms with Gasteiger partial charge in [0.2, 0.25) is 0 Å². The van der Waals surface area contributed by atoms with E-state index in [1.807, 2.05) is 13.8 Å². The fourth-order valence-corrected chi connectivity index (χ4v) is 1.05. The summed E-state index contributed by atoms with van der Waals surface area (Å²) in [5, 5.41) is 0. The summed E-state index contributed by atoms with van der Waals surface area (Å²) in [5.74, 6) is 0.615. The van der Waals surface area contributed by atoms with Crippen LogP contribution in [-0.2, 0) is 11.1 Å². The van der Waals surface area contributed by atoms with Crippen LogP contribution in [0.15, 0.2) is 0 Å². The molecule has 0 fully saturated rings. The number of hydrogen-bond donors (Lipinski definition) is 0. The zero-order chi connectivity index (χ0) is 6.57. The fraction of sp³-hybridized carbons (Fsp3) is 1.00. The first-order valence-electron chi connectivity index (χ1n) is 2.72. The van der Waals surface area contributed by atoms with Gasteiger partial charge in [-0.2, -0.15) is 0 Å². The highest BCUT2D eigenvalue weighted by molar-refractivity contribution is 7.79. The molecule has 2 nitrogen and oxygen atoms in total. The SMILES string of the molecule is CC[C@H](C)CS(=O)[O-]. The molecule has 50 valence electrons. The van der Waals surface area contributed by atoms with Crippen molar-refractivity contribution in [2.45, 2.75) is 20.3 Å². The van der Waals surface area contributed by atoms with Crippen LogP contribution < -0.4 is 0 Å². The van der Waals surface area contributed by atoms with Crippen LogP contribution in [0, 0.1) is 5.92 Å². The predicted molar refractivity (Wildman–Crippen MR) is 33.2 cm³/mol. The Labute approximate surface area is 52.6 Å². The molecule has 2 atom stereocenters. The predicted octanol–water partition coefficient (Wildman–Crippen LogP) is 0.912. The second-order valence-electron chi connectivity index (χ2n) is 1.98. The Morgan fingerprint density at radius 3 is 2.38 bits per heavy atom. The topological polar surface area (TPSA) is 40.1 Å². The average molecular weight is 135 g/mol. The minimum absolute atomic E-state index is 0.302. The lowest BCUT2D eigenvalue weighted by Gasteiger charge is -2.09. The van der Waals surface area contributed by atoms with Crippen molar-refractivity contribution in [3.63, 3.8) is 0 Å². The molecule has 0 aliphatic heterocycles. The third kappa shape index (κ3) is 4.27. The Bertz CT molecular complexity index is 82.5. The first-order valence-corrected chi connectivity index (χ1v) is 3.97. The molecule has 1 unspecified atom stereocenters. The minimum Gasteiger partial charge on any atom is -0.772 e. The Kier molecular flexibility index (Phi) is 4.09. The van der Waals surface area contributed by atoms with E-state index in [4.69, 9.17) is 0 Å². The van der Waals surface area contributed by atoms with E-state index in [1.54, 1.807) is 0 Å². The Hall–Kier alpha value is 0.110. The van der Waals surface area contributed by atoms with Crippen molar-refractivity contribution in [2.75, 3.05) is 5.75 Å². The van der Waals surface area contributed by atoms with Gasteiger partial charge in [-0.15, -0.1) is 0 Å². The van der Waals surface area contributed by atoms with Crippen LogP contribution in [0.1, 0.15) is 20.3 Å². The summed E-state index contributed by atoms with van der Waals surface area (Å²) in [6.07, 6.45) is 0.938. The van der Waals surface area contributed by atoms with Crippen molar-refractivity contribution in [3.8, 4) is 0 Å². The van der Waals surface area contributed by atoms with Crippen molar-refractivity contribution in [3.05, 3.63) is 0 Å². The maximum atomic E-state index is 9.97. The van der Waals surface area contributed by atoms with E-state index < -0.39 is 11.1 Å². The summed E-state index contributed by atoms with van der Waals surface area (Å²) in [6, 6.07) is 0. The summed E-state index contributed by atoms with van der Waals surface area (Å²) in [6.45, 7) is 3.91. The van der Waals surface area contributed by atoms with Gasteiger partial charge >= 0.3 is 0 Å². The van der Waals surface area contributed by atoms with Gasteiger partial charge in [0, 0.05) is 5.75 Å². The molecule has 0 aliphatic carbocycles. The van der Waals surface area contributed by atoms with Crippen LogP contribution in [-0.4, -0.2) is 14.5 Å². The van der Waals surface area contributed by atoms with E-state index >= 15 is 0 Å². The van der Waals surface area contributed by atoms with E-state index in [0.29, 0.717) is 11.7 Å². The quantitative estimate of drug-likeness (QED) is 0.540. The first kappa shape index (κ1) is 8.11. The molecule has 0 rings (SSSR count). The molecular formula is C5H11O2S-. The maximum Gasteiger partial charge on any atom is 0.0127 e.